The molecule has 1 saturated heterocycles. The predicted octanol–water partition coefficient (Wildman–Crippen LogP) is 1.88. The first-order valence-corrected chi connectivity index (χ1v) is 8.08. The van der Waals surface area contributed by atoms with Gasteiger partial charge in [0.2, 0.25) is 11.7 Å². The SMILES string of the molecule is CCc1ncnc(OC2CCN(C(=O)c3cccnc3OC)C2)c1F. The van der Waals surface area contributed by atoms with Crippen LogP contribution in [-0.4, -0.2) is 52.1 Å². The number of amides is 1. The van der Waals surface area contributed by atoms with Gasteiger partial charge in [-0.25, -0.2) is 9.97 Å². The molecule has 3 heterocycles. The van der Waals surface area contributed by atoms with Gasteiger partial charge >= 0.3 is 0 Å². The Balaban J connectivity index is 1.69. The van der Waals surface area contributed by atoms with Crippen molar-refractivity contribution in [2.45, 2.75) is 25.9 Å². The number of hydrogen-bond acceptors (Lipinski definition) is 6. The Bertz CT molecular complexity index is 771. The van der Waals surface area contributed by atoms with E-state index in [4.69, 9.17) is 9.47 Å². The number of halogens is 1. The number of ether oxygens (including phenoxy) is 2. The molecule has 1 fully saturated rings. The van der Waals surface area contributed by atoms with Gasteiger partial charge in [0, 0.05) is 19.2 Å². The van der Waals surface area contributed by atoms with Crippen LogP contribution in [0.5, 0.6) is 11.8 Å². The van der Waals surface area contributed by atoms with Gasteiger partial charge in [0.15, 0.2) is 0 Å². The molecule has 0 spiro atoms. The van der Waals surface area contributed by atoms with Crippen molar-refractivity contribution in [3.63, 3.8) is 0 Å². The highest BCUT2D eigenvalue weighted by atomic mass is 19.1. The third-order valence-electron chi connectivity index (χ3n) is 4.07. The van der Waals surface area contributed by atoms with E-state index in [1.807, 2.05) is 6.92 Å². The molecule has 7 nitrogen and oxygen atoms in total. The van der Waals surface area contributed by atoms with Crippen LogP contribution >= 0.6 is 0 Å². The van der Waals surface area contributed by atoms with Crippen molar-refractivity contribution in [3.05, 3.63) is 41.7 Å². The second kappa shape index (κ2) is 7.42. The standard InChI is InChI=1S/C17H19FN4O3/c1-3-13-14(18)16(21-10-20-13)25-11-6-8-22(9-11)17(23)12-5-4-7-19-15(12)24-2/h4-5,7,10-11H,3,6,8-9H2,1-2H3. The fourth-order valence-corrected chi connectivity index (χ4v) is 2.77. The highest BCUT2D eigenvalue weighted by molar-refractivity contribution is 5.96. The van der Waals surface area contributed by atoms with Crippen molar-refractivity contribution in [1.82, 2.24) is 19.9 Å². The minimum Gasteiger partial charge on any atom is -0.480 e. The molecule has 0 bridgehead atoms. The van der Waals surface area contributed by atoms with Crippen LogP contribution in [0.25, 0.3) is 0 Å². The van der Waals surface area contributed by atoms with E-state index in [0.29, 0.717) is 37.2 Å². The third-order valence-corrected chi connectivity index (χ3v) is 4.07. The lowest BCUT2D eigenvalue weighted by Gasteiger charge is -2.18. The van der Waals surface area contributed by atoms with E-state index in [9.17, 15) is 9.18 Å². The second-order valence-corrected chi connectivity index (χ2v) is 5.63. The minimum atomic E-state index is -0.538. The van der Waals surface area contributed by atoms with E-state index in [1.165, 1.54) is 13.4 Å². The lowest BCUT2D eigenvalue weighted by atomic mass is 10.2. The number of nitrogens with zero attached hydrogens (tertiary/aromatic N) is 4. The van der Waals surface area contributed by atoms with Gasteiger partial charge in [0.1, 0.15) is 18.0 Å². The molecule has 8 heteroatoms. The number of likely N-dealkylation sites (tertiary alicyclic amines) is 1. The number of carbonyl (C=O) groups is 1. The molecular formula is C17H19FN4O3. The summed E-state index contributed by atoms with van der Waals surface area (Å²) in [6.45, 7) is 2.67. The summed E-state index contributed by atoms with van der Waals surface area (Å²) >= 11 is 0. The van der Waals surface area contributed by atoms with Gasteiger partial charge in [-0.3, -0.25) is 4.79 Å². The number of aryl methyl sites for hydroxylation is 1. The summed E-state index contributed by atoms with van der Waals surface area (Å²) < 4.78 is 25.0. The Labute approximate surface area is 144 Å². The van der Waals surface area contributed by atoms with Crippen molar-refractivity contribution < 1.29 is 18.7 Å². The van der Waals surface area contributed by atoms with Crippen LogP contribution in [-0.2, 0) is 6.42 Å². The lowest BCUT2D eigenvalue weighted by molar-refractivity contribution is 0.0765. The summed E-state index contributed by atoms with van der Waals surface area (Å²) in [4.78, 5) is 26.1. The van der Waals surface area contributed by atoms with Crippen LogP contribution < -0.4 is 9.47 Å². The summed E-state index contributed by atoms with van der Waals surface area (Å²) in [5.41, 5.74) is 0.711. The summed E-state index contributed by atoms with van der Waals surface area (Å²) in [6.07, 6.45) is 3.59. The van der Waals surface area contributed by atoms with Crippen LogP contribution in [0, 0.1) is 5.82 Å². The average molecular weight is 346 g/mol. The molecule has 0 radical (unpaired) electrons. The molecule has 0 N–H and O–H groups in total. The second-order valence-electron chi connectivity index (χ2n) is 5.63. The summed E-state index contributed by atoms with van der Waals surface area (Å²) in [6, 6.07) is 3.35. The molecule has 0 aromatic carbocycles. The molecule has 25 heavy (non-hydrogen) atoms. The first kappa shape index (κ1) is 17.1. The van der Waals surface area contributed by atoms with E-state index in [2.05, 4.69) is 15.0 Å². The summed E-state index contributed by atoms with van der Waals surface area (Å²) in [7, 11) is 1.47. The number of carbonyl (C=O) groups excluding carboxylic acids is 1. The maximum atomic E-state index is 14.2. The zero-order chi connectivity index (χ0) is 17.8. The maximum Gasteiger partial charge on any atom is 0.259 e. The maximum absolute atomic E-state index is 14.2. The monoisotopic (exact) mass is 346 g/mol. The molecule has 1 amide bonds. The molecular weight excluding hydrogens is 327 g/mol. The molecule has 3 rings (SSSR count). The van der Waals surface area contributed by atoms with Crippen LogP contribution in [0.3, 0.4) is 0 Å². The van der Waals surface area contributed by atoms with Crippen molar-refractivity contribution in [1.29, 1.82) is 0 Å². The van der Waals surface area contributed by atoms with Gasteiger partial charge in [0.05, 0.1) is 19.3 Å². The van der Waals surface area contributed by atoms with Gasteiger partial charge < -0.3 is 14.4 Å². The number of aromatic nitrogens is 3. The quantitative estimate of drug-likeness (QED) is 0.823. The van der Waals surface area contributed by atoms with E-state index in [0.717, 1.165) is 0 Å². The van der Waals surface area contributed by atoms with Gasteiger partial charge in [-0.1, -0.05) is 6.92 Å². The Kier molecular flexibility index (Phi) is 5.06. The van der Waals surface area contributed by atoms with E-state index in [-0.39, 0.29) is 23.8 Å². The van der Waals surface area contributed by atoms with E-state index < -0.39 is 5.82 Å². The van der Waals surface area contributed by atoms with E-state index in [1.54, 1.807) is 23.2 Å². The van der Waals surface area contributed by atoms with Crippen LogP contribution in [0.1, 0.15) is 29.4 Å². The van der Waals surface area contributed by atoms with Crippen LogP contribution in [0.15, 0.2) is 24.7 Å². The third kappa shape index (κ3) is 3.52. The minimum absolute atomic E-state index is 0.0647. The topological polar surface area (TPSA) is 77.4 Å². The Morgan fingerprint density at radius 1 is 1.36 bits per heavy atom. The predicted molar refractivity (Wildman–Crippen MR) is 87.1 cm³/mol. The highest BCUT2D eigenvalue weighted by Crippen LogP contribution is 2.23. The van der Waals surface area contributed by atoms with E-state index >= 15 is 0 Å². The molecule has 0 saturated carbocycles. The molecule has 1 unspecified atom stereocenters. The van der Waals surface area contributed by atoms with Crippen LogP contribution in [0.4, 0.5) is 4.39 Å². The first-order chi connectivity index (χ1) is 12.1. The van der Waals surface area contributed by atoms with Gasteiger partial charge in [-0.2, -0.15) is 9.37 Å². The molecule has 1 atom stereocenters. The zero-order valence-corrected chi connectivity index (χ0v) is 14.1. The average Bonchev–Trinajstić information content (AvgIpc) is 3.11. The van der Waals surface area contributed by atoms with Crippen molar-refractivity contribution >= 4 is 5.91 Å². The largest absolute Gasteiger partial charge is 0.480 e. The molecule has 132 valence electrons. The Morgan fingerprint density at radius 2 is 2.20 bits per heavy atom. The van der Waals surface area contributed by atoms with Gasteiger partial charge in [-0.15, -0.1) is 0 Å². The number of methoxy groups -OCH3 is 1. The molecule has 2 aromatic rings. The van der Waals surface area contributed by atoms with Crippen molar-refractivity contribution in [2.75, 3.05) is 20.2 Å². The van der Waals surface area contributed by atoms with Gasteiger partial charge in [-0.05, 0) is 18.6 Å². The number of rotatable bonds is 5. The van der Waals surface area contributed by atoms with Crippen molar-refractivity contribution in [2.24, 2.45) is 0 Å². The molecule has 1 aliphatic rings. The summed E-state index contributed by atoms with van der Waals surface area (Å²) in [5, 5.41) is 0. The fraction of sp³-hybridized carbons (Fsp3) is 0.412. The lowest BCUT2D eigenvalue weighted by Crippen LogP contribution is -2.31. The Morgan fingerprint density at radius 3 is 2.96 bits per heavy atom. The number of pyridine rings is 1. The van der Waals surface area contributed by atoms with Crippen molar-refractivity contribution in [3.8, 4) is 11.8 Å². The number of hydrogen-bond donors (Lipinski definition) is 0. The smallest absolute Gasteiger partial charge is 0.259 e. The van der Waals surface area contributed by atoms with Crippen LogP contribution in [0.2, 0.25) is 0 Å². The normalized spacial score (nSPS) is 16.8. The zero-order valence-electron chi connectivity index (χ0n) is 14.1. The fourth-order valence-electron chi connectivity index (χ4n) is 2.77. The van der Waals surface area contributed by atoms with Gasteiger partial charge in [0.25, 0.3) is 11.8 Å². The summed E-state index contributed by atoms with van der Waals surface area (Å²) in [5.74, 6) is -0.506. The molecule has 0 aliphatic carbocycles. The molecule has 2 aromatic heterocycles. The highest BCUT2D eigenvalue weighted by Gasteiger charge is 2.31. The first-order valence-electron chi connectivity index (χ1n) is 8.08. The Hall–Kier alpha value is -2.77. The molecule has 1 aliphatic heterocycles.